The number of carbonyl (C=O) groups is 2. The van der Waals surface area contributed by atoms with E-state index in [4.69, 9.17) is 11.6 Å². The van der Waals surface area contributed by atoms with Crippen LogP contribution in [0.15, 0.2) is 83.3 Å². The van der Waals surface area contributed by atoms with Gasteiger partial charge in [-0.3, -0.25) is 9.59 Å². The number of halogens is 2. The van der Waals surface area contributed by atoms with Gasteiger partial charge in [-0.25, -0.2) is 0 Å². The van der Waals surface area contributed by atoms with Crippen molar-refractivity contribution < 1.29 is 9.59 Å². The van der Waals surface area contributed by atoms with Gasteiger partial charge in [0.05, 0.1) is 6.42 Å². The van der Waals surface area contributed by atoms with Crippen LogP contribution in [0.3, 0.4) is 0 Å². The lowest BCUT2D eigenvalue weighted by Gasteiger charge is -2.31. The highest BCUT2D eigenvalue weighted by Crippen LogP contribution is 2.20. The third kappa shape index (κ3) is 6.94. The van der Waals surface area contributed by atoms with Gasteiger partial charge in [0.2, 0.25) is 11.8 Å². The third-order valence-corrected chi connectivity index (χ3v) is 5.84. The largest absolute Gasteiger partial charge is 0.355 e. The molecule has 4 nitrogen and oxygen atoms in total. The van der Waals surface area contributed by atoms with Crippen molar-refractivity contribution in [3.05, 3.63) is 105 Å². The minimum Gasteiger partial charge on any atom is -0.355 e. The molecule has 0 aromatic heterocycles. The molecule has 32 heavy (non-hydrogen) atoms. The number of nitrogens with one attached hydrogen (secondary N) is 1. The molecular weight excluding hydrogens is 488 g/mol. The quantitative estimate of drug-likeness (QED) is 0.415. The first-order valence-electron chi connectivity index (χ1n) is 10.6. The Hall–Kier alpha value is -2.63. The van der Waals surface area contributed by atoms with Crippen LogP contribution < -0.4 is 5.32 Å². The second-order valence-electron chi connectivity index (χ2n) is 7.56. The molecule has 0 saturated heterocycles. The second kappa shape index (κ2) is 11.8. The summed E-state index contributed by atoms with van der Waals surface area (Å²) in [5.41, 5.74) is 2.76. The molecule has 0 fully saturated rings. The Morgan fingerprint density at radius 3 is 2.31 bits per heavy atom. The Labute approximate surface area is 202 Å². The van der Waals surface area contributed by atoms with E-state index in [1.54, 1.807) is 17.0 Å². The van der Waals surface area contributed by atoms with E-state index < -0.39 is 6.04 Å². The van der Waals surface area contributed by atoms with Crippen molar-refractivity contribution in [1.29, 1.82) is 0 Å². The fourth-order valence-electron chi connectivity index (χ4n) is 3.60. The number of benzene rings is 3. The van der Waals surface area contributed by atoms with Crippen molar-refractivity contribution >= 4 is 39.3 Å². The first-order chi connectivity index (χ1) is 15.5. The molecule has 3 rings (SSSR count). The van der Waals surface area contributed by atoms with Crippen LogP contribution in [-0.2, 0) is 29.0 Å². The van der Waals surface area contributed by atoms with Gasteiger partial charge in [0, 0.05) is 29.0 Å². The van der Waals surface area contributed by atoms with Crippen molar-refractivity contribution in [2.45, 2.75) is 32.4 Å². The Bertz CT molecular complexity index is 1060. The summed E-state index contributed by atoms with van der Waals surface area (Å²) < 4.78 is 0.926. The van der Waals surface area contributed by atoms with Crippen molar-refractivity contribution in [3.8, 4) is 0 Å². The number of rotatable bonds is 9. The fraction of sp³-hybridized carbons (Fsp3) is 0.231. The Balaban J connectivity index is 1.95. The van der Waals surface area contributed by atoms with Crippen molar-refractivity contribution in [2.24, 2.45) is 0 Å². The highest BCUT2D eigenvalue weighted by molar-refractivity contribution is 9.10. The summed E-state index contributed by atoms with van der Waals surface area (Å²) in [6.45, 7) is 2.70. The fourth-order valence-corrected chi connectivity index (χ4v) is 4.26. The van der Waals surface area contributed by atoms with Gasteiger partial charge >= 0.3 is 0 Å². The summed E-state index contributed by atoms with van der Waals surface area (Å²) in [4.78, 5) is 28.3. The number of likely N-dealkylation sites (N-methyl/N-ethyl adjacent to an activating group) is 1. The average Bonchev–Trinajstić information content (AvgIpc) is 2.77. The molecule has 0 aliphatic carbocycles. The van der Waals surface area contributed by atoms with Gasteiger partial charge in [0.15, 0.2) is 0 Å². The molecular formula is C26H26BrClN2O2. The molecule has 3 aromatic carbocycles. The van der Waals surface area contributed by atoms with E-state index in [-0.39, 0.29) is 18.2 Å². The van der Waals surface area contributed by atoms with Crippen molar-refractivity contribution in [1.82, 2.24) is 10.2 Å². The predicted molar refractivity (Wildman–Crippen MR) is 132 cm³/mol. The van der Waals surface area contributed by atoms with Crippen molar-refractivity contribution in [3.63, 3.8) is 0 Å². The van der Waals surface area contributed by atoms with Gasteiger partial charge in [0.25, 0.3) is 0 Å². The normalized spacial score (nSPS) is 11.6. The molecule has 1 N–H and O–H groups in total. The summed E-state index contributed by atoms with van der Waals surface area (Å²) in [7, 11) is 0. The molecule has 0 radical (unpaired) electrons. The Kier molecular flexibility index (Phi) is 8.89. The lowest BCUT2D eigenvalue weighted by Crippen LogP contribution is -2.50. The highest BCUT2D eigenvalue weighted by atomic mass is 79.9. The molecule has 2 amide bonds. The van der Waals surface area contributed by atoms with Gasteiger partial charge in [-0.2, -0.15) is 0 Å². The molecule has 166 valence electrons. The monoisotopic (exact) mass is 512 g/mol. The van der Waals surface area contributed by atoms with E-state index in [2.05, 4.69) is 21.2 Å². The van der Waals surface area contributed by atoms with Crippen molar-refractivity contribution in [2.75, 3.05) is 6.54 Å². The van der Waals surface area contributed by atoms with Crippen LogP contribution in [-0.4, -0.2) is 29.3 Å². The van der Waals surface area contributed by atoms with E-state index in [1.807, 2.05) is 73.7 Å². The van der Waals surface area contributed by atoms with Crippen LogP contribution >= 0.6 is 27.5 Å². The maximum absolute atomic E-state index is 13.5. The maximum atomic E-state index is 13.5. The van der Waals surface area contributed by atoms with Crippen LogP contribution in [0.4, 0.5) is 0 Å². The van der Waals surface area contributed by atoms with Gasteiger partial charge in [-0.05, 0) is 47.9 Å². The summed E-state index contributed by atoms with van der Waals surface area (Å²) in [6, 6.07) is 24.2. The number of hydrogen-bond acceptors (Lipinski definition) is 2. The molecule has 1 atom stereocenters. The smallest absolute Gasteiger partial charge is 0.243 e. The van der Waals surface area contributed by atoms with Crippen LogP contribution in [0, 0.1) is 0 Å². The van der Waals surface area contributed by atoms with E-state index in [1.165, 1.54) is 0 Å². The average molecular weight is 514 g/mol. The zero-order valence-corrected chi connectivity index (χ0v) is 20.3. The van der Waals surface area contributed by atoms with Gasteiger partial charge in [-0.15, -0.1) is 0 Å². The summed E-state index contributed by atoms with van der Waals surface area (Å²) in [6.07, 6.45) is 0.598. The minimum atomic E-state index is -0.636. The molecule has 0 heterocycles. The first kappa shape index (κ1) is 24.0. The Morgan fingerprint density at radius 1 is 0.938 bits per heavy atom. The summed E-state index contributed by atoms with van der Waals surface area (Å²) >= 11 is 9.62. The van der Waals surface area contributed by atoms with Crippen LogP contribution in [0.25, 0.3) is 0 Å². The van der Waals surface area contributed by atoms with Gasteiger partial charge in [0.1, 0.15) is 6.04 Å². The maximum Gasteiger partial charge on any atom is 0.243 e. The predicted octanol–water partition coefficient (Wildman–Crippen LogP) is 5.42. The highest BCUT2D eigenvalue weighted by Gasteiger charge is 2.30. The van der Waals surface area contributed by atoms with E-state index in [0.29, 0.717) is 24.5 Å². The lowest BCUT2D eigenvalue weighted by molar-refractivity contribution is -0.140. The zero-order chi connectivity index (χ0) is 22.9. The molecule has 3 aromatic rings. The first-order valence-corrected chi connectivity index (χ1v) is 11.7. The standard InChI is InChI=1S/C26H26BrClN2O2/c1-2-29-26(32)24(16-19-8-4-3-5-9-19)30(18-21-11-6-12-22(27)14-21)25(31)17-20-10-7-13-23(28)15-20/h3-15,24H,2,16-18H2,1H3,(H,29,32)/t24-/m0/s1. The molecule has 0 aliphatic heterocycles. The topological polar surface area (TPSA) is 49.4 Å². The molecule has 0 saturated carbocycles. The number of amides is 2. The third-order valence-electron chi connectivity index (χ3n) is 5.11. The molecule has 0 unspecified atom stereocenters. The van der Waals surface area contributed by atoms with Gasteiger partial charge in [-0.1, -0.05) is 82.1 Å². The lowest BCUT2D eigenvalue weighted by atomic mass is 10.0. The number of carbonyl (C=O) groups excluding carboxylic acids is 2. The van der Waals surface area contributed by atoms with Crippen LogP contribution in [0.2, 0.25) is 5.02 Å². The molecule has 0 bridgehead atoms. The number of hydrogen-bond donors (Lipinski definition) is 1. The molecule has 0 spiro atoms. The van der Waals surface area contributed by atoms with E-state index in [0.717, 1.165) is 21.2 Å². The SMILES string of the molecule is CCNC(=O)[C@H](Cc1ccccc1)N(Cc1cccc(Br)c1)C(=O)Cc1cccc(Cl)c1. The van der Waals surface area contributed by atoms with Gasteiger partial charge < -0.3 is 10.2 Å². The second-order valence-corrected chi connectivity index (χ2v) is 8.91. The molecule has 0 aliphatic rings. The molecule has 6 heteroatoms. The van der Waals surface area contributed by atoms with Crippen LogP contribution in [0.1, 0.15) is 23.6 Å². The summed E-state index contributed by atoms with van der Waals surface area (Å²) in [5, 5.41) is 3.49. The zero-order valence-electron chi connectivity index (χ0n) is 17.9. The Morgan fingerprint density at radius 2 is 1.62 bits per heavy atom. The van der Waals surface area contributed by atoms with E-state index >= 15 is 0 Å². The minimum absolute atomic E-state index is 0.126. The van der Waals surface area contributed by atoms with Crippen LogP contribution in [0.5, 0.6) is 0 Å². The number of nitrogens with zero attached hydrogens (tertiary/aromatic N) is 1. The summed E-state index contributed by atoms with van der Waals surface area (Å²) in [5.74, 6) is -0.287. The van der Waals surface area contributed by atoms with E-state index in [9.17, 15) is 9.59 Å².